The molecule has 1 fully saturated rings. The average molecular weight is 885 g/mol. The first-order chi connectivity index (χ1) is 27.9. The molecular formula is C44H52Cl3N5O8. The molecule has 1 aliphatic rings. The Morgan fingerprint density at radius 1 is 0.983 bits per heavy atom. The fourth-order valence-electron chi connectivity index (χ4n) is 7.52. The molecule has 1 saturated carbocycles. The number of aromatic nitrogens is 1. The largest absolute Gasteiger partial charge is 0.506 e. The monoisotopic (exact) mass is 883 g/mol. The van der Waals surface area contributed by atoms with Gasteiger partial charge in [-0.3, -0.25) is 14.5 Å². The molecule has 1 aliphatic carbocycles. The number of nitrogens with two attached hydrogens (primary N) is 1. The van der Waals surface area contributed by atoms with Crippen LogP contribution in [-0.2, 0) is 17.8 Å². The van der Waals surface area contributed by atoms with E-state index in [1.807, 2.05) is 48.5 Å². The number of fused-ring (bicyclic) bond motifs is 1. The van der Waals surface area contributed by atoms with Gasteiger partial charge in [0.2, 0.25) is 5.56 Å². The number of anilines is 1. The Balaban J connectivity index is 0.00000397. The minimum atomic E-state index is -0.985. The third-order valence-electron chi connectivity index (χ3n) is 10.7. The number of aliphatic hydroxyl groups is 1. The molecule has 322 valence electrons. The number of aliphatic hydroxyl groups excluding tert-OH is 1. The maximum Gasteiger partial charge on any atom is 0.412 e. The number of rotatable bonds is 16. The number of hydrogen-bond acceptors (Lipinski definition) is 9. The lowest BCUT2D eigenvalue weighted by Gasteiger charge is -2.35. The van der Waals surface area contributed by atoms with E-state index in [2.05, 4.69) is 10.3 Å². The van der Waals surface area contributed by atoms with Crippen molar-refractivity contribution in [3.63, 3.8) is 0 Å². The van der Waals surface area contributed by atoms with Crippen molar-refractivity contribution in [2.75, 3.05) is 38.8 Å². The van der Waals surface area contributed by atoms with Gasteiger partial charge >= 0.3 is 6.09 Å². The molecule has 0 aliphatic heterocycles. The molecule has 0 unspecified atom stereocenters. The van der Waals surface area contributed by atoms with Crippen LogP contribution in [0.15, 0.2) is 89.7 Å². The summed E-state index contributed by atoms with van der Waals surface area (Å²) in [7, 11) is 3.22. The van der Waals surface area contributed by atoms with Gasteiger partial charge in [0.25, 0.3) is 5.91 Å². The number of carbonyl (C=O) groups excluding carboxylic acids is 1. The average Bonchev–Trinajstić information content (AvgIpc) is 3.21. The highest BCUT2D eigenvalue weighted by atomic mass is 35.5. The number of aromatic hydroxyl groups is 1. The van der Waals surface area contributed by atoms with E-state index in [0.29, 0.717) is 60.2 Å². The second-order valence-corrected chi connectivity index (χ2v) is 15.1. The van der Waals surface area contributed by atoms with Crippen LogP contribution in [0.1, 0.15) is 54.9 Å². The van der Waals surface area contributed by atoms with E-state index < -0.39 is 12.2 Å². The van der Waals surface area contributed by atoms with E-state index >= 15 is 0 Å². The highest BCUT2D eigenvalue weighted by Crippen LogP contribution is 2.37. The van der Waals surface area contributed by atoms with Gasteiger partial charge < -0.3 is 45.7 Å². The van der Waals surface area contributed by atoms with Crippen molar-refractivity contribution in [2.24, 2.45) is 5.73 Å². The number of ether oxygens (including phenoxy) is 2. The van der Waals surface area contributed by atoms with Gasteiger partial charge in [0.05, 0.1) is 29.4 Å². The summed E-state index contributed by atoms with van der Waals surface area (Å²) in [4.78, 5) is 43.4. The fraction of sp³-hybridized carbons (Fsp3) is 0.341. The second-order valence-electron chi connectivity index (χ2n) is 14.7. The van der Waals surface area contributed by atoms with Crippen molar-refractivity contribution in [3.8, 4) is 28.4 Å². The number of amides is 2. The standard InChI is InChI=1S/C44H50ClN5O8.2ClH/c1-49(20-6-7-27-10-15-32(28-8-4-3-5-9-28)36(21-27)50(44(55)56)31-13-11-30(46)12-14-31)42(54)26-58-40-23-39(57-2)29(22-35(40)45)24-47-25-38(52)33-16-18-37(51)43-34(33)17-19-41(53)48-43;;/h3-5,8-10,15-19,21-23,30-31,38,47,51-52H,6-7,11-14,20,24-26,46H2,1-2H3,(H,48,53)(H,55,56);2*1H/t30?,31?,38-;;/m1../s1. The predicted molar refractivity (Wildman–Crippen MR) is 239 cm³/mol. The van der Waals surface area contributed by atoms with Crippen LogP contribution < -0.4 is 31.0 Å². The first kappa shape index (κ1) is 47.7. The number of carbonyl (C=O) groups is 2. The number of benzene rings is 4. The number of methoxy groups -OCH3 is 1. The summed E-state index contributed by atoms with van der Waals surface area (Å²) in [5, 5.41) is 35.5. The molecule has 1 atom stereocenters. The molecule has 1 aromatic heterocycles. The van der Waals surface area contributed by atoms with Crippen LogP contribution in [0.2, 0.25) is 5.02 Å². The third kappa shape index (κ3) is 11.6. The molecule has 6 rings (SSSR count). The zero-order valence-electron chi connectivity index (χ0n) is 33.4. The number of phenolic OH excluding ortho intramolecular Hbond substituents is 1. The number of nitrogens with zero attached hydrogens (tertiary/aromatic N) is 2. The number of nitrogens with one attached hydrogen (secondary N) is 2. The van der Waals surface area contributed by atoms with Crippen LogP contribution in [-0.4, -0.2) is 83.1 Å². The predicted octanol–water partition coefficient (Wildman–Crippen LogP) is 7.45. The maximum absolute atomic E-state index is 13.1. The van der Waals surface area contributed by atoms with E-state index in [1.54, 1.807) is 36.2 Å². The van der Waals surface area contributed by atoms with Crippen LogP contribution in [0, 0.1) is 0 Å². The van der Waals surface area contributed by atoms with E-state index in [-0.39, 0.29) is 90.1 Å². The molecule has 1 heterocycles. The summed E-state index contributed by atoms with van der Waals surface area (Å²) in [6, 6.07) is 24.9. The minimum absolute atomic E-state index is 0. The highest BCUT2D eigenvalue weighted by molar-refractivity contribution is 6.32. The lowest BCUT2D eigenvalue weighted by molar-refractivity contribution is -0.132. The molecule has 60 heavy (non-hydrogen) atoms. The molecule has 4 aromatic carbocycles. The number of aryl methyl sites for hydroxylation is 1. The van der Waals surface area contributed by atoms with Gasteiger partial charge in [0.1, 0.15) is 17.2 Å². The van der Waals surface area contributed by atoms with Gasteiger partial charge in [-0.15, -0.1) is 24.8 Å². The number of aromatic amines is 1. The summed E-state index contributed by atoms with van der Waals surface area (Å²) in [6.07, 6.45) is 2.31. The molecule has 13 nitrogen and oxygen atoms in total. The van der Waals surface area contributed by atoms with Gasteiger partial charge in [-0.2, -0.15) is 0 Å². The third-order valence-corrected chi connectivity index (χ3v) is 11.0. The quantitative estimate of drug-likeness (QED) is 0.0580. The van der Waals surface area contributed by atoms with Gasteiger partial charge in [-0.25, -0.2) is 4.79 Å². The highest BCUT2D eigenvalue weighted by Gasteiger charge is 2.31. The molecular weight excluding hydrogens is 833 g/mol. The molecule has 16 heteroatoms. The Morgan fingerprint density at radius 2 is 1.72 bits per heavy atom. The molecule has 0 spiro atoms. The number of likely N-dealkylation sites (N-methyl/N-ethyl adjacent to an activating group) is 1. The van der Waals surface area contributed by atoms with Gasteiger partial charge in [-0.1, -0.05) is 60.1 Å². The van der Waals surface area contributed by atoms with Crippen molar-refractivity contribution >= 4 is 65.0 Å². The number of phenols is 1. The maximum atomic E-state index is 13.1. The summed E-state index contributed by atoms with van der Waals surface area (Å²) in [6.45, 7) is 0.640. The Morgan fingerprint density at radius 3 is 2.42 bits per heavy atom. The minimum Gasteiger partial charge on any atom is -0.506 e. The topological polar surface area (TPSA) is 191 Å². The van der Waals surface area contributed by atoms with Crippen LogP contribution >= 0.6 is 36.4 Å². The number of H-pyrrole nitrogens is 1. The molecule has 2 amide bonds. The van der Waals surface area contributed by atoms with Crippen LogP contribution in [0.4, 0.5) is 10.5 Å². The Hall–Kier alpha value is -5.02. The number of hydrogen-bond donors (Lipinski definition) is 6. The van der Waals surface area contributed by atoms with Crippen LogP contribution in [0.3, 0.4) is 0 Å². The molecule has 5 aromatic rings. The lowest BCUT2D eigenvalue weighted by Crippen LogP contribution is -2.44. The van der Waals surface area contributed by atoms with E-state index in [0.717, 1.165) is 29.5 Å². The van der Waals surface area contributed by atoms with E-state index in [4.69, 9.17) is 26.8 Å². The zero-order chi connectivity index (χ0) is 41.3. The SMILES string of the molecule is COc1cc(OCC(=O)N(C)CCCc2ccc(-c3ccccc3)c(N(C(=O)O)C3CCC(N)CC3)c2)c(Cl)cc1CNC[C@@H](O)c1ccc(O)c2[nH]c(=O)ccc12.Cl.Cl. The molecule has 7 N–H and O–H groups in total. The fourth-order valence-corrected chi connectivity index (χ4v) is 7.76. The summed E-state index contributed by atoms with van der Waals surface area (Å²) >= 11 is 6.58. The molecule has 0 bridgehead atoms. The number of halogens is 3. The first-order valence-corrected chi connectivity index (χ1v) is 19.7. The van der Waals surface area contributed by atoms with E-state index in [9.17, 15) is 29.7 Å². The lowest BCUT2D eigenvalue weighted by atomic mass is 9.89. The van der Waals surface area contributed by atoms with Crippen LogP contribution in [0.5, 0.6) is 17.2 Å². The summed E-state index contributed by atoms with van der Waals surface area (Å²) < 4.78 is 11.4. The Kier molecular flexibility index (Phi) is 17.5. The van der Waals surface area contributed by atoms with Crippen LogP contribution in [0.25, 0.3) is 22.0 Å². The van der Waals surface area contributed by atoms with Gasteiger partial charge in [0.15, 0.2) is 6.61 Å². The Bertz CT molecular complexity index is 2290. The Labute approximate surface area is 366 Å². The van der Waals surface area contributed by atoms with Crippen molar-refractivity contribution in [2.45, 2.75) is 63.3 Å². The summed E-state index contributed by atoms with van der Waals surface area (Å²) in [5.41, 5.74) is 10.7. The van der Waals surface area contributed by atoms with Crippen molar-refractivity contribution in [3.05, 3.63) is 117 Å². The van der Waals surface area contributed by atoms with Gasteiger partial charge in [-0.05, 0) is 79.5 Å². The molecule has 0 saturated heterocycles. The van der Waals surface area contributed by atoms with Crippen molar-refractivity contribution in [1.82, 2.24) is 15.2 Å². The normalized spacial score (nSPS) is 15.3. The molecule has 0 radical (unpaired) electrons. The second kappa shape index (κ2) is 22.0. The first-order valence-electron chi connectivity index (χ1n) is 19.4. The van der Waals surface area contributed by atoms with Gasteiger partial charge in [0, 0.05) is 67.4 Å². The van der Waals surface area contributed by atoms with Crippen molar-refractivity contribution in [1.29, 1.82) is 0 Å². The van der Waals surface area contributed by atoms with E-state index in [1.165, 1.54) is 24.1 Å². The number of pyridine rings is 1. The van der Waals surface area contributed by atoms with Crippen molar-refractivity contribution < 1.29 is 34.4 Å². The smallest absolute Gasteiger partial charge is 0.412 e. The summed E-state index contributed by atoms with van der Waals surface area (Å²) in [5.74, 6) is 0.423. The zero-order valence-corrected chi connectivity index (χ0v) is 35.8. The number of carboxylic acid groups (broad SMARTS) is 1.